The summed E-state index contributed by atoms with van der Waals surface area (Å²) < 4.78 is 14.7. The monoisotopic (exact) mass is 395 g/mol. The van der Waals surface area contributed by atoms with Crippen LogP contribution in [0.15, 0.2) is 0 Å². The van der Waals surface area contributed by atoms with Crippen LogP contribution in [-0.4, -0.2) is 67.2 Å². The van der Waals surface area contributed by atoms with E-state index >= 15 is 0 Å². The molecule has 1 aliphatic heterocycles. The number of nitrogens with zero attached hydrogens (tertiary/aromatic N) is 1. The second-order valence-electron chi connectivity index (χ2n) is 5.98. The van der Waals surface area contributed by atoms with E-state index in [4.69, 9.17) is 14.6 Å². The number of methoxy groups -OCH3 is 1. The van der Waals surface area contributed by atoms with Crippen molar-refractivity contribution in [1.82, 2.24) is 4.90 Å². The number of carbonyl (C=O) groups excluding carboxylic acids is 2. The molecule has 0 bridgehead atoms. The molecule has 1 rings (SSSR count). The predicted molar refractivity (Wildman–Crippen MR) is 111 cm³/mol. The molecule has 0 aliphatic carbocycles. The molecule has 1 aliphatic rings. The maximum atomic E-state index is 11.9. The molecule has 7 nitrogen and oxygen atoms in total. The van der Waals surface area contributed by atoms with Crippen molar-refractivity contribution in [3.8, 4) is 0 Å². The Morgan fingerprint density at radius 1 is 1.11 bits per heavy atom. The molecule has 1 fully saturated rings. The summed E-state index contributed by atoms with van der Waals surface area (Å²) in [6.45, 7) is 16.8. The molecular weight excluding hydrogens is 350 g/mol. The van der Waals surface area contributed by atoms with E-state index in [2.05, 4.69) is 4.74 Å². The van der Waals surface area contributed by atoms with Gasteiger partial charge in [0.1, 0.15) is 11.6 Å². The summed E-state index contributed by atoms with van der Waals surface area (Å²) >= 11 is 0. The number of amides is 1. The molecule has 1 atom stereocenters. The van der Waals surface area contributed by atoms with E-state index in [0.29, 0.717) is 19.6 Å². The second-order valence-corrected chi connectivity index (χ2v) is 5.98. The number of aliphatic hydroxyl groups excluding tert-OH is 1. The van der Waals surface area contributed by atoms with Crippen LogP contribution in [0.5, 0.6) is 0 Å². The summed E-state index contributed by atoms with van der Waals surface area (Å²) in [5, 5.41) is 7.57. The fourth-order valence-corrected chi connectivity index (χ4v) is 1.79. The van der Waals surface area contributed by atoms with Gasteiger partial charge in [0.25, 0.3) is 0 Å². The fourth-order valence-electron chi connectivity index (χ4n) is 1.79. The van der Waals surface area contributed by atoms with Gasteiger partial charge in [-0.2, -0.15) is 0 Å². The zero-order valence-corrected chi connectivity index (χ0v) is 18.3. The normalized spacial score (nSPS) is 14.7. The topological polar surface area (TPSA) is 85.3 Å². The standard InChI is InChI=1S/C12H21NO4.C3H8O.C2H6O.C2H6.CH4/c1-5-16-10(14)9-7-6-8-13(9)11(15)17-12(2,3)4;1-3-4-2;1-2-3;1-2;/h9H,5-8H2,1-4H3;3H2,1-2H3;3H,2H2,1H3;1-2H3;1H4. The average Bonchev–Trinajstić information content (AvgIpc) is 3.06. The lowest BCUT2D eigenvalue weighted by atomic mass is 10.2. The van der Waals surface area contributed by atoms with Crippen LogP contribution in [0.2, 0.25) is 0 Å². The molecule has 7 heteroatoms. The Morgan fingerprint density at radius 3 is 1.89 bits per heavy atom. The number of carbonyl (C=O) groups is 2. The number of likely N-dealkylation sites (tertiary alicyclic amines) is 1. The van der Waals surface area contributed by atoms with Crippen LogP contribution in [0.3, 0.4) is 0 Å². The van der Waals surface area contributed by atoms with Crippen LogP contribution in [0.4, 0.5) is 4.79 Å². The molecule has 0 aromatic carbocycles. The van der Waals surface area contributed by atoms with Gasteiger partial charge in [0.2, 0.25) is 0 Å². The largest absolute Gasteiger partial charge is 0.464 e. The molecule has 0 saturated carbocycles. The Kier molecular flexibility index (Phi) is 25.8. The van der Waals surface area contributed by atoms with Crippen molar-refractivity contribution in [2.45, 2.75) is 87.3 Å². The van der Waals surface area contributed by atoms with Gasteiger partial charge in [0.15, 0.2) is 0 Å². The number of ether oxygens (including phenoxy) is 3. The number of aliphatic hydroxyl groups is 1. The molecule has 0 spiro atoms. The number of hydrogen-bond acceptors (Lipinski definition) is 6. The van der Waals surface area contributed by atoms with Crippen LogP contribution in [0.1, 0.15) is 75.7 Å². The van der Waals surface area contributed by atoms with E-state index < -0.39 is 17.7 Å². The molecule has 0 radical (unpaired) electrons. The van der Waals surface area contributed by atoms with E-state index in [1.807, 2.05) is 20.8 Å². The molecule has 1 saturated heterocycles. The molecule has 0 aromatic rings. The maximum absolute atomic E-state index is 11.9. The van der Waals surface area contributed by atoms with Gasteiger partial charge >= 0.3 is 12.1 Å². The molecule has 1 N–H and O–H groups in total. The lowest BCUT2D eigenvalue weighted by molar-refractivity contribution is -0.148. The van der Waals surface area contributed by atoms with E-state index in [1.165, 1.54) is 4.90 Å². The predicted octanol–water partition coefficient (Wildman–Crippen LogP) is 4.26. The van der Waals surface area contributed by atoms with E-state index in [0.717, 1.165) is 13.0 Å². The maximum Gasteiger partial charge on any atom is 0.411 e. The van der Waals surface area contributed by atoms with Crippen LogP contribution in [0.25, 0.3) is 0 Å². The quantitative estimate of drug-likeness (QED) is 0.719. The summed E-state index contributed by atoms with van der Waals surface area (Å²) in [4.78, 5) is 25.0. The van der Waals surface area contributed by atoms with Crippen molar-refractivity contribution < 1.29 is 28.9 Å². The summed E-state index contributed by atoms with van der Waals surface area (Å²) in [7, 11) is 1.68. The molecule has 27 heavy (non-hydrogen) atoms. The molecule has 1 unspecified atom stereocenters. The average molecular weight is 396 g/mol. The van der Waals surface area contributed by atoms with Gasteiger partial charge in [0.05, 0.1) is 6.61 Å². The lowest BCUT2D eigenvalue weighted by Crippen LogP contribution is -2.44. The Balaban J connectivity index is -0.000000225. The highest BCUT2D eigenvalue weighted by Crippen LogP contribution is 2.21. The van der Waals surface area contributed by atoms with E-state index in [1.54, 1.807) is 41.7 Å². The Bertz CT molecular complexity index is 340. The Labute approximate surface area is 167 Å². The minimum Gasteiger partial charge on any atom is -0.464 e. The molecule has 1 amide bonds. The Hall–Kier alpha value is -1.34. The minimum absolute atomic E-state index is 0. The lowest BCUT2D eigenvalue weighted by Gasteiger charge is -2.27. The van der Waals surface area contributed by atoms with Crippen LogP contribution in [-0.2, 0) is 19.0 Å². The van der Waals surface area contributed by atoms with E-state index in [9.17, 15) is 9.59 Å². The van der Waals surface area contributed by atoms with Crippen LogP contribution in [0, 0.1) is 0 Å². The second kappa shape index (κ2) is 21.0. The van der Waals surface area contributed by atoms with Crippen LogP contribution < -0.4 is 0 Å². The van der Waals surface area contributed by atoms with Gasteiger partial charge < -0.3 is 19.3 Å². The van der Waals surface area contributed by atoms with E-state index in [-0.39, 0.29) is 20.0 Å². The van der Waals surface area contributed by atoms with Crippen molar-refractivity contribution in [2.75, 3.05) is 33.5 Å². The molecule has 1 heterocycles. The van der Waals surface area contributed by atoms with Crippen molar-refractivity contribution in [1.29, 1.82) is 0 Å². The summed E-state index contributed by atoms with van der Waals surface area (Å²) in [5.41, 5.74) is -0.543. The van der Waals surface area contributed by atoms with Crippen molar-refractivity contribution >= 4 is 12.1 Å². The first-order chi connectivity index (χ1) is 12.2. The highest BCUT2D eigenvalue weighted by atomic mass is 16.6. The van der Waals surface area contributed by atoms with Gasteiger partial charge in [-0.25, -0.2) is 9.59 Å². The van der Waals surface area contributed by atoms with Gasteiger partial charge in [-0.15, -0.1) is 0 Å². The highest BCUT2D eigenvalue weighted by Gasteiger charge is 2.37. The smallest absolute Gasteiger partial charge is 0.411 e. The Morgan fingerprint density at radius 2 is 1.56 bits per heavy atom. The van der Waals surface area contributed by atoms with Crippen molar-refractivity contribution in [2.24, 2.45) is 0 Å². The van der Waals surface area contributed by atoms with Crippen LogP contribution >= 0.6 is 0 Å². The highest BCUT2D eigenvalue weighted by molar-refractivity contribution is 5.82. The van der Waals surface area contributed by atoms with Crippen molar-refractivity contribution in [3.63, 3.8) is 0 Å². The minimum atomic E-state index is -0.543. The van der Waals surface area contributed by atoms with Gasteiger partial charge in [-0.1, -0.05) is 21.3 Å². The van der Waals surface area contributed by atoms with Crippen molar-refractivity contribution in [3.05, 3.63) is 0 Å². The summed E-state index contributed by atoms with van der Waals surface area (Å²) in [5.74, 6) is -0.337. The summed E-state index contributed by atoms with van der Waals surface area (Å²) in [6, 6.07) is -0.482. The zero-order valence-electron chi connectivity index (χ0n) is 18.3. The summed E-state index contributed by atoms with van der Waals surface area (Å²) in [6.07, 6.45) is 1.02. The number of hydrogen-bond donors (Lipinski definition) is 1. The first-order valence-electron chi connectivity index (χ1n) is 9.44. The first kappa shape index (κ1) is 33.3. The first-order valence-corrected chi connectivity index (χ1v) is 9.44. The molecule has 0 aromatic heterocycles. The zero-order chi connectivity index (χ0) is 21.2. The molecular formula is C20H45NO6. The molecule has 166 valence electrons. The van der Waals surface area contributed by atoms with Gasteiger partial charge in [0, 0.05) is 26.9 Å². The van der Waals surface area contributed by atoms with Gasteiger partial charge in [-0.3, -0.25) is 4.90 Å². The third-order valence-corrected chi connectivity index (χ3v) is 2.73. The third kappa shape index (κ3) is 19.2. The number of rotatable bonds is 3. The number of esters is 1. The third-order valence-electron chi connectivity index (χ3n) is 2.73. The van der Waals surface area contributed by atoms with Gasteiger partial charge in [-0.05, 0) is 54.4 Å². The fraction of sp³-hybridized carbons (Fsp3) is 0.900. The SMILES string of the molecule is C.CC.CCO.CCOC.CCOC(=O)C1CCCN1C(=O)OC(C)(C)C.